The predicted molar refractivity (Wildman–Crippen MR) is 144 cm³/mol. The summed E-state index contributed by atoms with van der Waals surface area (Å²) in [6.07, 6.45) is 2.31. The summed E-state index contributed by atoms with van der Waals surface area (Å²) in [6.45, 7) is -0.689. The molecule has 1 aromatic carbocycles. The van der Waals surface area contributed by atoms with Crippen LogP contribution in [0.2, 0.25) is 0 Å². The topological polar surface area (TPSA) is 141 Å². The second-order valence-corrected chi connectivity index (χ2v) is 9.96. The third-order valence-electron chi connectivity index (χ3n) is 6.97. The Balaban J connectivity index is 1.29. The SMILES string of the molecule is COc1nc2c(Oc3ncc(CC(=O)C4(C(=O)Cc5ccc(F)cc5)CC4)cc3F)ccnc2cc1OCC(O)CO. The Labute approximate surface area is 238 Å². The van der Waals surface area contributed by atoms with Crippen molar-refractivity contribution in [1.82, 2.24) is 15.0 Å². The summed E-state index contributed by atoms with van der Waals surface area (Å²) in [6, 6.07) is 9.66. The highest BCUT2D eigenvalue weighted by molar-refractivity contribution is 6.10. The Morgan fingerprint density at radius 2 is 1.69 bits per heavy atom. The van der Waals surface area contributed by atoms with Crippen molar-refractivity contribution in [3.05, 3.63) is 77.6 Å². The fourth-order valence-electron chi connectivity index (χ4n) is 4.47. The second-order valence-electron chi connectivity index (χ2n) is 9.96. The van der Waals surface area contributed by atoms with Crippen LogP contribution >= 0.6 is 0 Å². The molecule has 1 aliphatic carbocycles. The van der Waals surface area contributed by atoms with Gasteiger partial charge >= 0.3 is 0 Å². The minimum Gasteiger partial charge on any atom is -0.485 e. The quantitative estimate of drug-likeness (QED) is 0.226. The largest absolute Gasteiger partial charge is 0.485 e. The van der Waals surface area contributed by atoms with Gasteiger partial charge in [0.25, 0.3) is 11.8 Å². The van der Waals surface area contributed by atoms with Crippen LogP contribution in [0, 0.1) is 17.0 Å². The number of benzene rings is 1. The number of ketones is 2. The molecule has 3 aromatic heterocycles. The fourth-order valence-corrected chi connectivity index (χ4v) is 4.47. The number of aliphatic hydroxyl groups excluding tert-OH is 2. The van der Waals surface area contributed by atoms with Crippen molar-refractivity contribution in [2.75, 3.05) is 20.3 Å². The molecule has 0 saturated heterocycles. The molecule has 3 heterocycles. The Hall–Kier alpha value is -4.55. The van der Waals surface area contributed by atoms with E-state index in [1.54, 1.807) is 0 Å². The van der Waals surface area contributed by atoms with Gasteiger partial charge in [0.2, 0.25) is 0 Å². The molecule has 1 unspecified atom stereocenters. The number of nitrogens with zero attached hydrogens (tertiary/aromatic N) is 3. The fraction of sp³-hybridized carbons (Fsp3) is 0.300. The Morgan fingerprint density at radius 3 is 2.33 bits per heavy atom. The molecule has 0 radical (unpaired) electrons. The van der Waals surface area contributed by atoms with E-state index in [0.29, 0.717) is 23.9 Å². The molecule has 10 nitrogen and oxygen atoms in total. The Kier molecular flexibility index (Phi) is 8.36. The predicted octanol–water partition coefficient (Wildman–Crippen LogP) is 3.54. The summed E-state index contributed by atoms with van der Waals surface area (Å²) in [5, 5.41) is 18.6. The first-order valence-electron chi connectivity index (χ1n) is 13.1. The monoisotopic (exact) mass is 579 g/mol. The smallest absolute Gasteiger partial charge is 0.257 e. The van der Waals surface area contributed by atoms with Crippen LogP contribution in [0.25, 0.3) is 11.0 Å². The number of hydrogen-bond donors (Lipinski definition) is 2. The highest BCUT2D eigenvalue weighted by atomic mass is 19.1. The molecule has 42 heavy (non-hydrogen) atoms. The van der Waals surface area contributed by atoms with Crippen LogP contribution in [0.1, 0.15) is 24.0 Å². The molecule has 1 saturated carbocycles. The van der Waals surface area contributed by atoms with E-state index >= 15 is 4.39 Å². The maximum absolute atomic E-state index is 15.1. The zero-order valence-electron chi connectivity index (χ0n) is 22.5. The van der Waals surface area contributed by atoms with Crippen molar-refractivity contribution in [1.29, 1.82) is 0 Å². The molecule has 1 fully saturated rings. The molecule has 1 aliphatic rings. The first-order valence-corrected chi connectivity index (χ1v) is 13.1. The van der Waals surface area contributed by atoms with E-state index in [-0.39, 0.29) is 65.4 Å². The number of carbonyl (C=O) groups is 2. The number of Topliss-reactive ketones (excluding diaryl/α,β-unsaturated/α-hetero) is 2. The van der Waals surface area contributed by atoms with Crippen LogP contribution in [0.15, 0.2) is 54.9 Å². The van der Waals surface area contributed by atoms with Gasteiger partial charge in [-0.05, 0) is 42.2 Å². The van der Waals surface area contributed by atoms with E-state index in [0.717, 1.165) is 6.07 Å². The summed E-state index contributed by atoms with van der Waals surface area (Å²) in [5.41, 5.74) is 0.343. The molecular formula is C30H27F2N3O7. The summed E-state index contributed by atoms with van der Waals surface area (Å²) in [4.78, 5) is 38.6. The lowest BCUT2D eigenvalue weighted by atomic mass is 9.88. The molecule has 2 N–H and O–H groups in total. The summed E-state index contributed by atoms with van der Waals surface area (Å²) in [5.74, 6) is -1.80. The normalized spacial score (nSPS) is 14.3. The number of aromatic nitrogens is 3. The first kappa shape index (κ1) is 29.0. The molecule has 218 valence electrons. The van der Waals surface area contributed by atoms with Crippen LogP contribution < -0.4 is 14.2 Å². The van der Waals surface area contributed by atoms with Crippen LogP contribution in [0.5, 0.6) is 23.3 Å². The van der Waals surface area contributed by atoms with E-state index in [9.17, 15) is 19.1 Å². The molecule has 12 heteroatoms. The minimum atomic E-state index is -1.11. The van der Waals surface area contributed by atoms with Crippen LogP contribution in [0.3, 0.4) is 0 Å². The average molecular weight is 580 g/mol. The van der Waals surface area contributed by atoms with E-state index in [2.05, 4.69) is 15.0 Å². The number of pyridine rings is 3. The van der Waals surface area contributed by atoms with Crippen molar-refractivity contribution in [2.24, 2.45) is 5.41 Å². The highest BCUT2D eigenvalue weighted by Crippen LogP contribution is 2.49. The molecule has 0 amide bonds. The molecule has 5 rings (SSSR count). The van der Waals surface area contributed by atoms with Crippen molar-refractivity contribution in [2.45, 2.75) is 31.8 Å². The standard InChI is InChI=1S/C30H27F2N3O7/c1-40-29-24(41-16-20(37)15-36)13-22-27(35-29)23(6-9-33-22)42-28-21(32)10-18(14-34-28)12-26(39)30(7-8-30)25(38)11-17-2-4-19(31)5-3-17/h2-6,9-10,13-14,20,36-37H,7-8,11-12,15-16H2,1H3. The van der Waals surface area contributed by atoms with Crippen molar-refractivity contribution < 1.29 is 42.8 Å². The maximum atomic E-state index is 15.1. The number of rotatable bonds is 13. The second kappa shape index (κ2) is 12.1. The summed E-state index contributed by atoms with van der Waals surface area (Å²) in [7, 11) is 1.36. The van der Waals surface area contributed by atoms with Crippen molar-refractivity contribution in [3.63, 3.8) is 0 Å². The number of halogens is 2. The third kappa shape index (κ3) is 6.19. The van der Waals surface area contributed by atoms with Gasteiger partial charge in [0.1, 0.15) is 24.0 Å². The molecule has 0 aliphatic heterocycles. The van der Waals surface area contributed by atoms with Crippen LogP contribution in [0.4, 0.5) is 8.78 Å². The number of fused-ring (bicyclic) bond motifs is 1. The van der Waals surface area contributed by atoms with Gasteiger partial charge in [0, 0.05) is 37.4 Å². The molecule has 0 bridgehead atoms. The molecule has 0 spiro atoms. The zero-order valence-corrected chi connectivity index (χ0v) is 22.5. The first-order chi connectivity index (χ1) is 20.2. The average Bonchev–Trinajstić information content (AvgIpc) is 3.80. The van der Waals surface area contributed by atoms with Gasteiger partial charge in [-0.1, -0.05) is 12.1 Å². The lowest BCUT2D eigenvalue weighted by molar-refractivity contribution is -0.133. The van der Waals surface area contributed by atoms with Gasteiger partial charge in [0.15, 0.2) is 28.9 Å². The number of hydrogen-bond acceptors (Lipinski definition) is 10. The van der Waals surface area contributed by atoms with Crippen LogP contribution in [-0.2, 0) is 22.4 Å². The van der Waals surface area contributed by atoms with E-state index in [1.807, 2.05) is 0 Å². The Morgan fingerprint density at radius 1 is 0.976 bits per heavy atom. The Bertz CT molecular complexity index is 1630. The number of ether oxygens (including phenoxy) is 3. The van der Waals surface area contributed by atoms with Gasteiger partial charge < -0.3 is 24.4 Å². The van der Waals surface area contributed by atoms with Crippen LogP contribution in [-0.4, -0.2) is 63.2 Å². The van der Waals surface area contributed by atoms with Crippen molar-refractivity contribution >= 4 is 22.6 Å². The maximum Gasteiger partial charge on any atom is 0.257 e. The highest BCUT2D eigenvalue weighted by Gasteiger charge is 2.54. The molecular weight excluding hydrogens is 552 g/mol. The lowest BCUT2D eigenvalue weighted by Crippen LogP contribution is -2.29. The van der Waals surface area contributed by atoms with E-state index in [1.165, 1.54) is 55.9 Å². The van der Waals surface area contributed by atoms with Gasteiger partial charge in [-0.25, -0.2) is 18.7 Å². The lowest BCUT2D eigenvalue weighted by Gasteiger charge is -2.15. The van der Waals surface area contributed by atoms with E-state index in [4.69, 9.17) is 19.3 Å². The van der Waals surface area contributed by atoms with Gasteiger partial charge in [-0.15, -0.1) is 0 Å². The van der Waals surface area contributed by atoms with Gasteiger partial charge in [-0.3, -0.25) is 14.6 Å². The zero-order chi connectivity index (χ0) is 29.9. The van der Waals surface area contributed by atoms with E-state index < -0.39 is 29.8 Å². The summed E-state index contributed by atoms with van der Waals surface area (Å²) < 4.78 is 44.7. The number of carbonyl (C=O) groups excluding carboxylic acids is 2. The van der Waals surface area contributed by atoms with Gasteiger partial charge in [-0.2, -0.15) is 0 Å². The number of aliphatic hydroxyl groups is 2. The number of methoxy groups -OCH3 is 1. The summed E-state index contributed by atoms with van der Waals surface area (Å²) >= 11 is 0. The third-order valence-corrected chi connectivity index (χ3v) is 6.97. The van der Waals surface area contributed by atoms with Gasteiger partial charge in [0.05, 0.1) is 24.6 Å². The molecule has 4 aromatic rings. The molecule has 1 atom stereocenters. The minimum absolute atomic E-state index is 0.0162. The van der Waals surface area contributed by atoms with Crippen molar-refractivity contribution in [3.8, 4) is 23.3 Å².